The van der Waals surface area contributed by atoms with Crippen molar-refractivity contribution in [2.24, 2.45) is 0 Å². The summed E-state index contributed by atoms with van der Waals surface area (Å²) < 4.78 is 21.8. The van der Waals surface area contributed by atoms with Crippen LogP contribution < -0.4 is 19.7 Å². The maximum Gasteiger partial charge on any atom is 0.338 e. The lowest BCUT2D eigenvalue weighted by Crippen LogP contribution is -2.36. The fourth-order valence-corrected chi connectivity index (χ4v) is 3.82. The number of nitrogens with zero attached hydrogens (tertiary/aromatic N) is 3. The summed E-state index contributed by atoms with van der Waals surface area (Å²) in [6.07, 6.45) is 3.12. The van der Waals surface area contributed by atoms with E-state index in [1.807, 2.05) is 31.2 Å². The Kier molecular flexibility index (Phi) is 8.37. The van der Waals surface area contributed by atoms with Crippen LogP contribution in [0.15, 0.2) is 47.0 Å². The zero-order valence-electron chi connectivity index (χ0n) is 20.6. The van der Waals surface area contributed by atoms with Gasteiger partial charge in [-0.15, -0.1) is 0 Å². The molecule has 0 saturated carbocycles. The maximum atomic E-state index is 12.5. The number of aryl methyl sites for hydroxylation is 1. The molecule has 3 aromatic rings. The molecule has 0 aliphatic carbocycles. The topological polar surface area (TPSA) is 129 Å². The lowest BCUT2D eigenvalue weighted by molar-refractivity contribution is -0.386. The highest BCUT2D eigenvalue weighted by molar-refractivity contribution is 5.92. The number of amides is 1. The molecule has 2 aromatic carbocycles. The molecule has 1 N–H and O–H groups in total. The van der Waals surface area contributed by atoms with E-state index in [-0.39, 0.29) is 29.7 Å². The molecular formula is C26H28N4O7. The van der Waals surface area contributed by atoms with Crippen molar-refractivity contribution < 1.29 is 28.5 Å². The van der Waals surface area contributed by atoms with Crippen LogP contribution in [0, 0.1) is 17.0 Å². The number of benzene rings is 2. The molecule has 1 aromatic heterocycles. The molecule has 1 saturated heterocycles. The first-order valence-corrected chi connectivity index (χ1v) is 11.9. The minimum Gasteiger partial charge on any atom is -0.490 e. The number of carbonyl (C=O) groups excluding carboxylic acids is 1. The van der Waals surface area contributed by atoms with Crippen molar-refractivity contribution in [2.45, 2.75) is 13.8 Å². The van der Waals surface area contributed by atoms with Crippen molar-refractivity contribution in [2.75, 3.05) is 49.7 Å². The highest BCUT2D eigenvalue weighted by Gasteiger charge is 2.22. The van der Waals surface area contributed by atoms with E-state index < -0.39 is 4.92 Å². The summed E-state index contributed by atoms with van der Waals surface area (Å²) in [5.74, 6) is 0.586. The van der Waals surface area contributed by atoms with Crippen LogP contribution in [-0.2, 0) is 9.53 Å². The molecule has 4 rings (SSSR count). The lowest BCUT2D eigenvalue weighted by atomic mass is 10.1. The van der Waals surface area contributed by atoms with Gasteiger partial charge in [0.1, 0.15) is 0 Å². The van der Waals surface area contributed by atoms with Gasteiger partial charge < -0.3 is 29.0 Å². The zero-order valence-corrected chi connectivity index (χ0v) is 20.6. The van der Waals surface area contributed by atoms with Gasteiger partial charge in [-0.05, 0) is 61.9 Å². The van der Waals surface area contributed by atoms with Crippen LogP contribution in [0.4, 0.5) is 17.1 Å². The highest BCUT2D eigenvalue weighted by atomic mass is 16.6. The Labute approximate surface area is 213 Å². The minimum absolute atomic E-state index is 0.0513. The SMILES string of the molecule is CCOc1cc(/C=C/c2onc(C)c2[N+](=O)[O-])ccc1OCC(=O)Nc1ccc(N2CCOCC2)cc1. The van der Waals surface area contributed by atoms with Crippen molar-refractivity contribution in [3.8, 4) is 11.5 Å². The van der Waals surface area contributed by atoms with Gasteiger partial charge >= 0.3 is 5.69 Å². The number of morpholine rings is 1. The zero-order chi connectivity index (χ0) is 26.2. The number of nitro groups is 1. The molecule has 194 valence electrons. The molecule has 0 bridgehead atoms. The van der Waals surface area contributed by atoms with E-state index in [2.05, 4.69) is 15.4 Å². The number of carbonyl (C=O) groups is 1. The normalized spacial score (nSPS) is 13.5. The number of anilines is 2. The Morgan fingerprint density at radius 2 is 1.89 bits per heavy atom. The average Bonchev–Trinajstić information content (AvgIpc) is 3.28. The second-order valence-corrected chi connectivity index (χ2v) is 8.19. The molecule has 0 spiro atoms. The van der Waals surface area contributed by atoms with Crippen LogP contribution in [0.3, 0.4) is 0 Å². The van der Waals surface area contributed by atoms with Crippen LogP contribution >= 0.6 is 0 Å². The summed E-state index contributed by atoms with van der Waals surface area (Å²) in [6, 6.07) is 12.8. The van der Waals surface area contributed by atoms with Gasteiger partial charge in [0, 0.05) is 24.5 Å². The van der Waals surface area contributed by atoms with Gasteiger partial charge in [0.15, 0.2) is 23.8 Å². The first-order chi connectivity index (χ1) is 17.9. The molecule has 2 heterocycles. The van der Waals surface area contributed by atoms with Gasteiger partial charge in [0.25, 0.3) is 5.91 Å². The van der Waals surface area contributed by atoms with Crippen molar-refractivity contribution in [3.05, 3.63) is 69.6 Å². The molecule has 11 heteroatoms. The largest absolute Gasteiger partial charge is 0.490 e. The summed E-state index contributed by atoms with van der Waals surface area (Å²) in [6.45, 7) is 6.63. The van der Waals surface area contributed by atoms with Crippen LogP contribution in [-0.4, -0.2) is 55.5 Å². The first kappa shape index (κ1) is 25.7. The maximum absolute atomic E-state index is 12.5. The Morgan fingerprint density at radius 1 is 1.14 bits per heavy atom. The molecule has 1 aliphatic heterocycles. The van der Waals surface area contributed by atoms with E-state index in [0.717, 1.165) is 18.8 Å². The second kappa shape index (κ2) is 12.0. The molecule has 11 nitrogen and oxygen atoms in total. The third-order valence-electron chi connectivity index (χ3n) is 5.62. The molecule has 1 fully saturated rings. The van der Waals surface area contributed by atoms with E-state index >= 15 is 0 Å². The third-order valence-corrected chi connectivity index (χ3v) is 5.62. The molecule has 0 unspecified atom stereocenters. The predicted octanol–water partition coefficient (Wildman–Crippen LogP) is 4.31. The Hall–Kier alpha value is -4.38. The summed E-state index contributed by atoms with van der Waals surface area (Å²) >= 11 is 0. The highest BCUT2D eigenvalue weighted by Crippen LogP contribution is 2.30. The number of ether oxygens (including phenoxy) is 3. The third kappa shape index (κ3) is 6.64. The summed E-state index contributed by atoms with van der Waals surface area (Å²) in [5.41, 5.74) is 2.48. The van der Waals surface area contributed by atoms with Crippen molar-refractivity contribution in [1.82, 2.24) is 5.16 Å². The van der Waals surface area contributed by atoms with Crippen molar-refractivity contribution >= 4 is 35.1 Å². The summed E-state index contributed by atoms with van der Waals surface area (Å²) in [7, 11) is 0. The van der Waals surface area contributed by atoms with Crippen LogP contribution in [0.2, 0.25) is 0 Å². The molecule has 37 heavy (non-hydrogen) atoms. The van der Waals surface area contributed by atoms with Gasteiger partial charge in [-0.2, -0.15) is 0 Å². The van der Waals surface area contributed by atoms with Gasteiger partial charge in [0.05, 0.1) is 24.7 Å². The molecule has 0 radical (unpaired) electrons. The number of hydrogen-bond acceptors (Lipinski definition) is 9. The minimum atomic E-state index is -0.530. The smallest absolute Gasteiger partial charge is 0.338 e. The lowest BCUT2D eigenvalue weighted by Gasteiger charge is -2.28. The monoisotopic (exact) mass is 508 g/mol. The fraction of sp³-hybridized carbons (Fsp3) is 0.308. The molecule has 1 aliphatic rings. The predicted molar refractivity (Wildman–Crippen MR) is 138 cm³/mol. The average molecular weight is 509 g/mol. The van der Waals surface area contributed by atoms with E-state index in [4.69, 9.17) is 18.7 Å². The molecule has 1 amide bonds. The van der Waals surface area contributed by atoms with Gasteiger partial charge in [-0.3, -0.25) is 14.9 Å². The number of aromatic nitrogens is 1. The first-order valence-electron chi connectivity index (χ1n) is 11.9. The second-order valence-electron chi connectivity index (χ2n) is 8.19. The summed E-state index contributed by atoms with van der Waals surface area (Å²) in [4.78, 5) is 25.4. The standard InChI is InChI=1S/C26H28N4O7/c1-3-35-24-16-19(5-11-23-26(30(32)33)18(2)28-37-23)4-10-22(24)36-17-25(31)27-20-6-8-21(9-7-20)29-12-14-34-15-13-29/h4-11,16H,3,12-15,17H2,1-2H3,(H,27,31)/b11-5+. The quantitative estimate of drug-likeness (QED) is 0.314. The Morgan fingerprint density at radius 3 is 2.59 bits per heavy atom. The van der Waals surface area contributed by atoms with Crippen LogP contribution in [0.25, 0.3) is 12.2 Å². The van der Waals surface area contributed by atoms with E-state index in [1.165, 1.54) is 13.0 Å². The number of nitrogens with one attached hydrogen (secondary N) is 1. The Bertz CT molecular complexity index is 1260. The van der Waals surface area contributed by atoms with E-state index in [9.17, 15) is 14.9 Å². The van der Waals surface area contributed by atoms with Gasteiger partial charge in [-0.25, -0.2) is 0 Å². The molecule has 0 atom stereocenters. The Balaban J connectivity index is 1.36. The van der Waals surface area contributed by atoms with Crippen LogP contribution in [0.1, 0.15) is 23.9 Å². The van der Waals surface area contributed by atoms with E-state index in [0.29, 0.717) is 42.6 Å². The van der Waals surface area contributed by atoms with Crippen molar-refractivity contribution in [3.63, 3.8) is 0 Å². The van der Waals surface area contributed by atoms with E-state index in [1.54, 1.807) is 24.3 Å². The fourth-order valence-electron chi connectivity index (χ4n) is 3.82. The number of hydrogen-bond donors (Lipinski definition) is 1. The van der Waals surface area contributed by atoms with Crippen molar-refractivity contribution in [1.29, 1.82) is 0 Å². The molecular weight excluding hydrogens is 480 g/mol. The number of rotatable bonds is 10. The summed E-state index contributed by atoms with van der Waals surface area (Å²) in [5, 5.41) is 17.7. The van der Waals surface area contributed by atoms with Gasteiger partial charge in [-0.1, -0.05) is 17.3 Å². The van der Waals surface area contributed by atoms with Gasteiger partial charge in [0.2, 0.25) is 5.76 Å². The van der Waals surface area contributed by atoms with Crippen LogP contribution in [0.5, 0.6) is 11.5 Å².